The van der Waals surface area contributed by atoms with Crippen LogP contribution in [-0.2, 0) is 0 Å². The van der Waals surface area contributed by atoms with Crippen LogP contribution in [0.3, 0.4) is 0 Å². The quantitative estimate of drug-likeness (QED) is 0.101. The highest BCUT2D eigenvalue weighted by atomic mass is 15.2. The van der Waals surface area contributed by atoms with Crippen LogP contribution in [0.25, 0.3) is 51.6 Å². The van der Waals surface area contributed by atoms with Gasteiger partial charge in [-0.1, -0.05) is 163 Å². The average Bonchev–Trinajstić information content (AvgIpc) is 3.41. The lowest BCUT2D eigenvalue weighted by Crippen LogP contribution is -2.10. The van der Waals surface area contributed by atoms with Crippen molar-refractivity contribution in [3.8, 4) is 33.4 Å². The molecule has 0 radical (unpaired) electrons. The van der Waals surface area contributed by atoms with Gasteiger partial charge in [0, 0.05) is 51.2 Å². The summed E-state index contributed by atoms with van der Waals surface area (Å²) in [4.78, 5) is 7.18. The number of hydrogen-bond acceptors (Lipinski definition) is 3. The molecule has 0 aliphatic heterocycles. The normalized spacial score (nSPS) is 14.3. The molecule has 10 aromatic rings. The van der Waals surface area contributed by atoms with Crippen molar-refractivity contribution in [2.75, 3.05) is 14.7 Å². The number of nitrogens with zero attached hydrogens (tertiary/aromatic N) is 3. The van der Waals surface area contributed by atoms with Gasteiger partial charge < -0.3 is 14.7 Å². The molecule has 0 spiro atoms. The molecule has 0 unspecified atom stereocenters. The molecule has 87 heavy (non-hydrogen) atoms. The fourth-order valence-electron chi connectivity index (χ4n) is 13.5. The molecular formula is C84H81N3. The summed E-state index contributed by atoms with van der Waals surface area (Å²) in [6.45, 7) is 6.54. The van der Waals surface area contributed by atoms with Crippen molar-refractivity contribution in [3.05, 3.63) is 287 Å². The smallest absolute Gasteiger partial charge is 0.0464 e. The van der Waals surface area contributed by atoms with Crippen molar-refractivity contribution in [3.63, 3.8) is 0 Å². The van der Waals surface area contributed by atoms with Gasteiger partial charge >= 0.3 is 0 Å². The maximum atomic E-state index is 2.42. The van der Waals surface area contributed by atoms with Crippen molar-refractivity contribution < 1.29 is 0 Å². The van der Waals surface area contributed by atoms with E-state index in [-0.39, 0.29) is 0 Å². The molecule has 0 N–H and O–H groups in total. The molecule has 432 valence electrons. The summed E-state index contributed by atoms with van der Waals surface area (Å²) in [5.41, 5.74) is 29.5. The van der Waals surface area contributed by atoms with Crippen molar-refractivity contribution >= 4 is 69.4 Å². The summed E-state index contributed by atoms with van der Waals surface area (Å²) in [6, 6.07) is 88.8. The highest BCUT2D eigenvalue weighted by Gasteiger charge is 2.19. The number of aryl methyl sites for hydroxylation is 3. The summed E-state index contributed by atoms with van der Waals surface area (Å²) < 4.78 is 0. The second-order valence-corrected chi connectivity index (χ2v) is 24.8. The third-order valence-electron chi connectivity index (χ3n) is 18.1. The lowest BCUT2D eigenvalue weighted by molar-refractivity contribution is 0.602. The van der Waals surface area contributed by atoms with Gasteiger partial charge in [-0.3, -0.25) is 0 Å². The molecule has 0 bridgehead atoms. The number of benzene rings is 10. The molecule has 3 saturated carbocycles. The Labute approximate surface area is 518 Å². The van der Waals surface area contributed by atoms with E-state index in [0.29, 0.717) is 0 Å². The van der Waals surface area contributed by atoms with Gasteiger partial charge in [-0.2, -0.15) is 0 Å². The topological polar surface area (TPSA) is 9.72 Å². The molecule has 3 nitrogen and oxygen atoms in total. The second kappa shape index (κ2) is 26.6. The Bertz CT molecular complexity index is 3610. The molecule has 0 atom stereocenters. The maximum absolute atomic E-state index is 2.42. The van der Waals surface area contributed by atoms with E-state index in [9.17, 15) is 0 Å². The fraction of sp³-hybridized carbons (Fsp3) is 0.214. The van der Waals surface area contributed by atoms with Crippen LogP contribution in [0.5, 0.6) is 0 Å². The first-order valence-corrected chi connectivity index (χ1v) is 32.2. The number of rotatable bonds is 15. The molecule has 3 fully saturated rings. The summed E-state index contributed by atoms with van der Waals surface area (Å²) in [7, 11) is 0. The Morgan fingerprint density at radius 2 is 0.448 bits per heavy atom. The van der Waals surface area contributed by atoms with E-state index in [1.807, 2.05) is 0 Å². The molecule has 3 aliphatic carbocycles. The van der Waals surface area contributed by atoms with Gasteiger partial charge in [0.1, 0.15) is 0 Å². The van der Waals surface area contributed by atoms with Gasteiger partial charge in [0.05, 0.1) is 0 Å². The van der Waals surface area contributed by atoms with E-state index in [4.69, 9.17) is 0 Å². The first-order valence-electron chi connectivity index (χ1n) is 32.2. The Morgan fingerprint density at radius 3 is 0.678 bits per heavy atom. The molecule has 3 heteroatoms. The van der Waals surface area contributed by atoms with Crippen molar-refractivity contribution in [1.29, 1.82) is 0 Å². The molecule has 0 amide bonds. The first-order chi connectivity index (χ1) is 42.8. The molecule has 13 rings (SSSR count). The van der Waals surface area contributed by atoms with E-state index in [0.717, 1.165) is 67.9 Å². The van der Waals surface area contributed by atoms with Crippen LogP contribution in [0, 0.1) is 20.8 Å². The highest BCUT2D eigenvalue weighted by molar-refractivity contribution is 5.87. The summed E-state index contributed by atoms with van der Waals surface area (Å²) in [6.07, 6.45) is 26.4. The van der Waals surface area contributed by atoms with Crippen LogP contribution in [0.1, 0.15) is 130 Å². The van der Waals surface area contributed by atoms with Crippen LogP contribution in [-0.4, -0.2) is 0 Å². The number of hydrogen-bond donors (Lipinski definition) is 0. The zero-order chi connectivity index (χ0) is 58.9. The maximum Gasteiger partial charge on any atom is 0.0464 e. The number of allylic oxidation sites excluding steroid dienone is 3. The monoisotopic (exact) mass is 1130 g/mol. The summed E-state index contributed by atoms with van der Waals surface area (Å²) >= 11 is 0. The number of anilines is 9. The van der Waals surface area contributed by atoms with Crippen LogP contribution < -0.4 is 14.7 Å². The van der Waals surface area contributed by atoms with Gasteiger partial charge in [-0.25, -0.2) is 0 Å². The van der Waals surface area contributed by atoms with E-state index in [2.05, 4.69) is 290 Å². The highest BCUT2D eigenvalue weighted by Crippen LogP contribution is 2.43. The lowest BCUT2D eigenvalue weighted by atomic mass is 9.92. The minimum atomic E-state index is 1.12. The van der Waals surface area contributed by atoms with Crippen LogP contribution in [0.15, 0.2) is 253 Å². The van der Waals surface area contributed by atoms with Gasteiger partial charge in [-0.15, -0.1) is 0 Å². The molecule has 0 aromatic heterocycles. The van der Waals surface area contributed by atoms with E-state index < -0.39 is 0 Å². The van der Waals surface area contributed by atoms with E-state index >= 15 is 0 Å². The molecular weight excluding hydrogens is 1050 g/mol. The first kappa shape index (κ1) is 56.9. The Morgan fingerprint density at radius 1 is 0.218 bits per heavy atom. The largest absolute Gasteiger partial charge is 0.310 e. The molecule has 10 aromatic carbocycles. The van der Waals surface area contributed by atoms with Gasteiger partial charge in [0.25, 0.3) is 0 Å². The zero-order valence-corrected chi connectivity index (χ0v) is 51.2. The Hall–Kier alpha value is -9.18. The van der Waals surface area contributed by atoms with Crippen LogP contribution >= 0.6 is 0 Å². The molecule has 3 aliphatic rings. The van der Waals surface area contributed by atoms with E-state index in [1.54, 1.807) is 16.7 Å². The van der Waals surface area contributed by atoms with Gasteiger partial charge in [0.15, 0.2) is 0 Å². The van der Waals surface area contributed by atoms with Gasteiger partial charge in [-0.05, 0) is 292 Å². The third-order valence-corrected chi connectivity index (χ3v) is 18.1. The van der Waals surface area contributed by atoms with Gasteiger partial charge in [0.2, 0.25) is 0 Å². The second-order valence-electron chi connectivity index (χ2n) is 24.8. The average molecular weight is 1130 g/mol. The minimum Gasteiger partial charge on any atom is -0.310 e. The Kier molecular flexibility index (Phi) is 17.4. The van der Waals surface area contributed by atoms with E-state index in [1.165, 1.54) is 146 Å². The van der Waals surface area contributed by atoms with Crippen LogP contribution in [0.2, 0.25) is 0 Å². The third kappa shape index (κ3) is 13.8. The molecule has 0 heterocycles. The summed E-state index contributed by atoms with van der Waals surface area (Å²) in [5.74, 6) is 0. The zero-order valence-electron chi connectivity index (χ0n) is 51.2. The predicted molar refractivity (Wildman–Crippen MR) is 374 cm³/mol. The van der Waals surface area contributed by atoms with Crippen molar-refractivity contribution in [2.45, 2.75) is 117 Å². The SMILES string of the molecule is Cc1cccc(N(c2ccc(C=C3CCCCC3)cc2)c2ccc(-c3cc(-c4ccc(N(c5ccc(C=C6CCCCC6)cc5)c5cccc(C)c5)cc4)cc(-c4ccc(N(c5ccc(C=C6CCCCC6)cc5)c5cccc(C)c5)cc4)c3)cc2)c1. The predicted octanol–water partition coefficient (Wildman–Crippen LogP) is 25.1. The van der Waals surface area contributed by atoms with Crippen molar-refractivity contribution in [2.24, 2.45) is 0 Å². The molecule has 0 saturated heterocycles. The fourth-order valence-corrected chi connectivity index (χ4v) is 13.5. The lowest BCUT2D eigenvalue weighted by Gasteiger charge is -2.26. The standard InChI is InChI=1S/C84H81N3/c1-61-16-13-25-82(52-61)85(76-40-28-67(29-41-76)55-64-19-7-4-8-20-64)79-46-34-70(35-47-79)73-58-74(71-36-48-80(49-37-71)86(83-26-14-17-62(2)53-83)77-42-30-68(31-43-77)56-65-21-9-5-10-22-65)60-75(59-73)72-38-50-81(51-39-72)87(84-27-15-18-63(3)54-84)78-44-32-69(33-45-78)57-66-23-11-6-12-24-66/h13-18,25-60H,4-12,19-24H2,1-3H3. The van der Waals surface area contributed by atoms with Crippen molar-refractivity contribution in [1.82, 2.24) is 0 Å². The van der Waals surface area contributed by atoms with Crippen LogP contribution in [0.4, 0.5) is 51.2 Å². The summed E-state index contributed by atoms with van der Waals surface area (Å²) in [5, 5.41) is 0. The Balaban J connectivity index is 0.867. The minimum absolute atomic E-state index is 1.12.